The molecular formula is C13H11N3O4. The highest BCUT2D eigenvalue weighted by molar-refractivity contribution is 6.01. The Labute approximate surface area is 113 Å². The second-order valence-corrected chi connectivity index (χ2v) is 4.20. The number of carboxylic acids is 1. The molecule has 7 heteroatoms. The molecule has 0 radical (unpaired) electrons. The molecule has 0 saturated heterocycles. The molecule has 0 spiro atoms. The highest BCUT2D eigenvalue weighted by Gasteiger charge is 2.15. The van der Waals surface area contributed by atoms with Crippen LogP contribution in [0.25, 0.3) is 22.6 Å². The first-order chi connectivity index (χ1) is 9.69. The van der Waals surface area contributed by atoms with E-state index in [2.05, 4.69) is 15.1 Å². The van der Waals surface area contributed by atoms with Crippen molar-refractivity contribution < 1.29 is 19.2 Å². The first-order valence-electron chi connectivity index (χ1n) is 5.86. The number of aromatic carboxylic acids is 1. The summed E-state index contributed by atoms with van der Waals surface area (Å²) in [5.74, 6) is 0.00934. The number of carboxylic acid groups (broad SMARTS) is 1. The van der Waals surface area contributed by atoms with Crippen molar-refractivity contribution in [1.82, 2.24) is 15.1 Å². The Morgan fingerprint density at radius 2 is 2.35 bits per heavy atom. The zero-order valence-corrected chi connectivity index (χ0v) is 10.6. The SMILES string of the molecule is COCc1cc(-c2nc3c(C(=O)O)cccc3[nH]2)no1. The van der Waals surface area contributed by atoms with Gasteiger partial charge in [-0.25, -0.2) is 9.78 Å². The second kappa shape index (κ2) is 4.78. The third-order valence-electron chi connectivity index (χ3n) is 2.83. The molecule has 2 aromatic heterocycles. The lowest BCUT2D eigenvalue weighted by Gasteiger charge is -1.93. The first kappa shape index (κ1) is 12.4. The van der Waals surface area contributed by atoms with Crippen molar-refractivity contribution >= 4 is 17.0 Å². The summed E-state index contributed by atoms with van der Waals surface area (Å²) < 4.78 is 10.0. The lowest BCUT2D eigenvalue weighted by atomic mass is 10.2. The number of para-hydroxylation sites is 1. The zero-order chi connectivity index (χ0) is 14.1. The second-order valence-electron chi connectivity index (χ2n) is 4.20. The Kier molecular flexibility index (Phi) is 2.96. The third-order valence-corrected chi connectivity index (χ3v) is 2.83. The molecule has 1 aromatic carbocycles. The van der Waals surface area contributed by atoms with Crippen LogP contribution < -0.4 is 0 Å². The van der Waals surface area contributed by atoms with Gasteiger partial charge in [-0.2, -0.15) is 0 Å². The van der Waals surface area contributed by atoms with Crippen LogP contribution in [0.2, 0.25) is 0 Å². The molecule has 0 unspecified atom stereocenters. The topological polar surface area (TPSA) is 101 Å². The molecule has 7 nitrogen and oxygen atoms in total. The fourth-order valence-corrected chi connectivity index (χ4v) is 1.96. The molecule has 0 aliphatic heterocycles. The van der Waals surface area contributed by atoms with Crippen LogP contribution >= 0.6 is 0 Å². The Morgan fingerprint density at radius 1 is 1.50 bits per heavy atom. The number of aromatic nitrogens is 3. The van der Waals surface area contributed by atoms with Crippen molar-refractivity contribution in [3.8, 4) is 11.5 Å². The first-order valence-corrected chi connectivity index (χ1v) is 5.86. The Balaban J connectivity index is 2.08. The lowest BCUT2D eigenvalue weighted by Crippen LogP contribution is -1.96. The van der Waals surface area contributed by atoms with Crippen LogP contribution in [-0.2, 0) is 11.3 Å². The maximum Gasteiger partial charge on any atom is 0.337 e. The molecule has 0 atom stereocenters. The summed E-state index contributed by atoms with van der Waals surface area (Å²) in [4.78, 5) is 18.4. The third kappa shape index (κ3) is 2.04. The molecule has 2 N–H and O–H groups in total. The smallest absolute Gasteiger partial charge is 0.337 e. The van der Waals surface area contributed by atoms with Gasteiger partial charge in [0.2, 0.25) is 0 Å². The van der Waals surface area contributed by atoms with Crippen molar-refractivity contribution in [2.24, 2.45) is 0 Å². The molecule has 3 aromatic rings. The number of ether oxygens (including phenoxy) is 1. The minimum absolute atomic E-state index is 0.144. The number of H-pyrrole nitrogens is 1. The van der Waals surface area contributed by atoms with Crippen molar-refractivity contribution in [3.05, 3.63) is 35.6 Å². The predicted molar refractivity (Wildman–Crippen MR) is 69.3 cm³/mol. The number of fused-ring (bicyclic) bond motifs is 1. The average Bonchev–Trinajstić information content (AvgIpc) is 3.03. The van der Waals surface area contributed by atoms with Crippen LogP contribution in [0.3, 0.4) is 0 Å². The van der Waals surface area contributed by atoms with E-state index in [1.165, 1.54) is 6.07 Å². The maximum absolute atomic E-state index is 11.1. The number of rotatable bonds is 4. The number of nitrogens with one attached hydrogen (secondary N) is 1. The minimum atomic E-state index is -1.02. The van der Waals surface area contributed by atoms with Crippen molar-refractivity contribution in [3.63, 3.8) is 0 Å². The minimum Gasteiger partial charge on any atom is -0.478 e. The number of aromatic amines is 1. The van der Waals surface area contributed by atoms with E-state index in [9.17, 15) is 4.79 Å². The predicted octanol–water partition coefficient (Wildman–Crippen LogP) is 2.06. The van der Waals surface area contributed by atoms with Gasteiger partial charge in [-0.05, 0) is 12.1 Å². The summed E-state index contributed by atoms with van der Waals surface area (Å²) in [7, 11) is 1.56. The molecule has 0 aliphatic carbocycles. The largest absolute Gasteiger partial charge is 0.478 e. The van der Waals surface area contributed by atoms with Crippen molar-refractivity contribution in [1.29, 1.82) is 0 Å². The number of benzene rings is 1. The molecule has 102 valence electrons. The summed E-state index contributed by atoms with van der Waals surface area (Å²) in [6, 6.07) is 6.62. The van der Waals surface area contributed by atoms with E-state index in [1.54, 1.807) is 25.3 Å². The average molecular weight is 273 g/mol. The molecule has 20 heavy (non-hydrogen) atoms. The molecule has 0 aliphatic rings. The van der Waals surface area contributed by atoms with Gasteiger partial charge in [0.1, 0.15) is 17.8 Å². The number of hydrogen-bond donors (Lipinski definition) is 2. The van der Waals surface area contributed by atoms with Gasteiger partial charge in [0.15, 0.2) is 11.6 Å². The standard InChI is InChI=1S/C13H11N3O4/c1-19-6-7-5-10(16-20-7)12-14-9-4-2-3-8(13(17)18)11(9)15-12/h2-5H,6H2,1H3,(H,14,15)(H,17,18). The number of methoxy groups -OCH3 is 1. The highest BCUT2D eigenvalue weighted by Crippen LogP contribution is 2.23. The Bertz CT molecular complexity index is 775. The molecule has 3 rings (SSSR count). The van der Waals surface area contributed by atoms with E-state index in [-0.39, 0.29) is 5.56 Å². The Hall–Kier alpha value is -2.67. The van der Waals surface area contributed by atoms with Gasteiger partial charge in [0.25, 0.3) is 0 Å². The molecule has 2 heterocycles. The van der Waals surface area contributed by atoms with Gasteiger partial charge in [0.05, 0.1) is 11.1 Å². The number of imidazole rings is 1. The summed E-state index contributed by atoms with van der Waals surface area (Å²) >= 11 is 0. The van der Waals surface area contributed by atoms with Gasteiger partial charge < -0.3 is 19.4 Å². The normalized spacial score (nSPS) is 11.1. The van der Waals surface area contributed by atoms with E-state index >= 15 is 0 Å². The van der Waals surface area contributed by atoms with Crippen LogP contribution in [0.4, 0.5) is 0 Å². The van der Waals surface area contributed by atoms with E-state index in [0.29, 0.717) is 34.9 Å². The van der Waals surface area contributed by atoms with Gasteiger partial charge in [-0.1, -0.05) is 11.2 Å². The molecule has 0 saturated carbocycles. The number of hydrogen-bond acceptors (Lipinski definition) is 5. The van der Waals surface area contributed by atoms with Crippen LogP contribution in [-0.4, -0.2) is 33.3 Å². The molecule has 0 bridgehead atoms. The van der Waals surface area contributed by atoms with Crippen LogP contribution in [0.15, 0.2) is 28.8 Å². The van der Waals surface area contributed by atoms with E-state index in [1.807, 2.05) is 0 Å². The van der Waals surface area contributed by atoms with Gasteiger partial charge in [-0.15, -0.1) is 0 Å². The van der Waals surface area contributed by atoms with Crippen LogP contribution in [0.1, 0.15) is 16.1 Å². The fourth-order valence-electron chi connectivity index (χ4n) is 1.96. The van der Waals surface area contributed by atoms with Crippen LogP contribution in [0.5, 0.6) is 0 Å². The van der Waals surface area contributed by atoms with E-state index in [4.69, 9.17) is 14.4 Å². The van der Waals surface area contributed by atoms with Gasteiger partial charge >= 0.3 is 5.97 Å². The van der Waals surface area contributed by atoms with Gasteiger partial charge in [-0.3, -0.25) is 0 Å². The zero-order valence-electron chi connectivity index (χ0n) is 10.6. The van der Waals surface area contributed by atoms with E-state index < -0.39 is 5.97 Å². The molecule has 0 amide bonds. The van der Waals surface area contributed by atoms with E-state index in [0.717, 1.165) is 0 Å². The lowest BCUT2D eigenvalue weighted by molar-refractivity contribution is 0.0699. The number of carbonyl (C=O) groups is 1. The summed E-state index contributed by atoms with van der Waals surface area (Å²) in [6.07, 6.45) is 0. The summed E-state index contributed by atoms with van der Waals surface area (Å²) in [5.41, 5.74) is 1.68. The quantitative estimate of drug-likeness (QED) is 0.754. The molecular weight excluding hydrogens is 262 g/mol. The summed E-state index contributed by atoms with van der Waals surface area (Å²) in [5, 5.41) is 13.0. The fraction of sp³-hybridized carbons (Fsp3) is 0.154. The molecule has 0 fully saturated rings. The summed E-state index contributed by atoms with van der Waals surface area (Å²) in [6.45, 7) is 0.313. The number of nitrogens with zero attached hydrogens (tertiary/aromatic N) is 2. The van der Waals surface area contributed by atoms with Gasteiger partial charge in [0, 0.05) is 13.2 Å². The van der Waals surface area contributed by atoms with Crippen molar-refractivity contribution in [2.45, 2.75) is 6.61 Å². The Morgan fingerprint density at radius 3 is 3.10 bits per heavy atom. The highest BCUT2D eigenvalue weighted by atomic mass is 16.5. The monoisotopic (exact) mass is 273 g/mol. The van der Waals surface area contributed by atoms with Crippen molar-refractivity contribution in [2.75, 3.05) is 7.11 Å². The maximum atomic E-state index is 11.1. The van der Waals surface area contributed by atoms with Crippen LogP contribution in [0, 0.1) is 0 Å².